The van der Waals surface area contributed by atoms with Crippen LogP contribution in [0.4, 0.5) is 5.69 Å². The molecule has 0 saturated carbocycles. The van der Waals surface area contributed by atoms with Crippen molar-refractivity contribution in [2.45, 2.75) is 6.92 Å². The molecule has 0 aliphatic rings. The second kappa shape index (κ2) is 2.73. The van der Waals surface area contributed by atoms with Gasteiger partial charge in [-0.05, 0) is 19.1 Å². The molecule has 0 saturated heterocycles. The van der Waals surface area contributed by atoms with Gasteiger partial charge in [-0.25, -0.2) is 4.79 Å². The quantitative estimate of drug-likeness (QED) is 0.544. The SMILES string of the molecule is Cc1c(O)ccc(C(=O)O)c1N. The fourth-order valence-corrected chi connectivity index (χ4v) is 0.904. The van der Waals surface area contributed by atoms with Gasteiger partial charge in [0, 0.05) is 5.56 Å². The van der Waals surface area contributed by atoms with Gasteiger partial charge in [-0.1, -0.05) is 0 Å². The minimum Gasteiger partial charge on any atom is -0.508 e. The summed E-state index contributed by atoms with van der Waals surface area (Å²) in [6.45, 7) is 1.57. The molecule has 64 valence electrons. The number of aromatic carboxylic acids is 1. The van der Waals surface area contributed by atoms with Crippen LogP contribution in [0, 0.1) is 6.92 Å². The van der Waals surface area contributed by atoms with Crippen LogP contribution in [0.25, 0.3) is 0 Å². The Morgan fingerprint density at radius 2 is 2.08 bits per heavy atom. The van der Waals surface area contributed by atoms with E-state index in [0.29, 0.717) is 5.56 Å². The molecule has 4 nitrogen and oxygen atoms in total. The molecule has 12 heavy (non-hydrogen) atoms. The first kappa shape index (κ1) is 8.39. The number of hydrogen-bond acceptors (Lipinski definition) is 3. The highest BCUT2D eigenvalue weighted by Crippen LogP contribution is 2.25. The summed E-state index contributed by atoms with van der Waals surface area (Å²) in [5.74, 6) is -1.08. The summed E-state index contributed by atoms with van der Waals surface area (Å²) in [6, 6.07) is 2.59. The van der Waals surface area contributed by atoms with Crippen molar-refractivity contribution >= 4 is 11.7 Å². The molecule has 4 heteroatoms. The number of anilines is 1. The number of carbonyl (C=O) groups is 1. The van der Waals surface area contributed by atoms with Crippen LogP contribution < -0.4 is 5.73 Å². The van der Waals surface area contributed by atoms with Gasteiger partial charge in [0.2, 0.25) is 0 Å². The zero-order chi connectivity index (χ0) is 9.30. The monoisotopic (exact) mass is 167 g/mol. The lowest BCUT2D eigenvalue weighted by molar-refractivity contribution is 0.0698. The van der Waals surface area contributed by atoms with E-state index >= 15 is 0 Å². The van der Waals surface area contributed by atoms with E-state index in [0.717, 1.165) is 0 Å². The number of benzene rings is 1. The highest BCUT2D eigenvalue weighted by Gasteiger charge is 2.11. The second-order valence-corrected chi connectivity index (χ2v) is 2.48. The Morgan fingerprint density at radius 1 is 1.50 bits per heavy atom. The van der Waals surface area contributed by atoms with Crippen LogP contribution in [0.15, 0.2) is 12.1 Å². The average molecular weight is 167 g/mol. The summed E-state index contributed by atoms with van der Waals surface area (Å²) in [5.41, 5.74) is 5.97. The van der Waals surface area contributed by atoms with E-state index in [2.05, 4.69) is 0 Å². The van der Waals surface area contributed by atoms with Crippen molar-refractivity contribution in [3.8, 4) is 5.75 Å². The van der Waals surface area contributed by atoms with Crippen LogP contribution in [-0.4, -0.2) is 16.2 Å². The number of phenolic OH excluding ortho intramolecular Hbond substituents is 1. The highest BCUT2D eigenvalue weighted by molar-refractivity contribution is 5.94. The number of nitrogens with two attached hydrogens (primary N) is 1. The van der Waals surface area contributed by atoms with Gasteiger partial charge < -0.3 is 15.9 Å². The maximum absolute atomic E-state index is 10.5. The molecule has 0 bridgehead atoms. The summed E-state index contributed by atoms with van der Waals surface area (Å²) in [4.78, 5) is 10.5. The molecule has 0 aliphatic carbocycles. The van der Waals surface area contributed by atoms with Gasteiger partial charge in [-0.15, -0.1) is 0 Å². The molecule has 0 spiro atoms. The molecule has 0 atom stereocenters. The van der Waals surface area contributed by atoms with E-state index in [9.17, 15) is 4.79 Å². The smallest absolute Gasteiger partial charge is 0.337 e. The van der Waals surface area contributed by atoms with Crippen molar-refractivity contribution in [2.24, 2.45) is 0 Å². The fraction of sp³-hybridized carbons (Fsp3) is 0.125. The zero-order valence-corrected chi connectivity index (χ0v) is 6.53. The van der Waals surface area contributed by atoms with Crippen LogP contribution in [-0.2, 0) is 0 Å². The standard InChI is InChI=1S/C8H9NO3/c1-4-6(10)3-2-5(7(4)9)8(11)12/h2-3,10H,9H2,1H3,(H,11,12). The Kier molecular flexibility index (Phi) is 1.91. The molecular weight excluding hydrogens is 158 g/mol. The molecule has 1 rings (SSSR count). The molecule has 0 amide bonds. The Balaban J connectivity index is 3.36. The number of carboxylic acid groups (broad SMARTS) is 1. The number of nitrogen functional groups attached to an aromatic ring is 1. The third kappa shape index (κ3) is 1.18. The van der Waals surface area contributed by atoms with Crippen molar-refractivity contribution < 1.29 is 15.0 Å². The first-order valence-electron chi connectivity index (χ1n) is 3.35. The summed E-state index contributed by atoms with van der Waals surface area (Å²) in [5, 5.41) is 17.8. The lowest BCUT2D eigenvalue weighted by atomic mass is 10.1. The lowest BCUT2D eigenvalue weighted by Gasteiger charge is -2.05. The van der Waals surface area contributed by atoms with Crippen molar-refractivity contribution in [1.29, 1.82) is 0 Å². The van der Waals surface area contributed by atoms with Crippen molar-refractivity contribution in [2.75, 3.05) is 5.73 Å². The van der Waals surface area contributed by atoms with Gasteiger partial charge in [0.25, 0.3) is 0 Å². The van der Waals surface area contributed by atoms with Crippen LogP contribution >= 0.6 is 0 Å². The van der Waals surface area contributed by atoms with Crippen molar-refractivity contribution in [3.05, 3.63) is 23.3 Å². The molecule has 0 aliphatic heterocycles. The zero-order valence-electron chi connectivity index (χ0n) is 6.53. The number of rotatable bonds is 1. The second-order valence-electron chi connectivity index (χ2n) is 2.48. The molecule has 1 aromatic carbocycles. The maximum atomic E-state index is 10.5. The molecular formula is C8H9NO3. The Bertz CT molecular complexity index is 333. The van der Waals surface area contributed by atoms with E-state index in [4.69, 9.17) is 15.9 Å². The summed E-state index contributed by atoms with van der Waals surface area (Å²) < 4.78 is 0. The topological polar surface area (TPSA) is 83.5 Å². The third-order valence-electron chi connectivity index (χ3n) is 1.72. The number of aromatic hydroxyl groups is 1. The van der Waals surface area contributed by atoms with Gasteiger partial charge in [0.15, 0.2) is 0 Å². The van der Waals surface area contributed by atoms with Gasteiger partial charge >= 0.3 is 5.97 Å². The molecule has 0 heterocycles. The summed E-state index contributed by atoms with van der Waals surface area (Å²) >= 11 is 0. The summed E-state index contributed by atoms with van der Waals surface area (Å²) in [7, 11) is 0. The van der Waals surface area contributed by atoms with Crippen LogP contribution in [0.5, 0.6) is 5.75 Å². The first-order valence-corrected chi connectivity index (χ1v) is 3.35. The Hall–Kier alpha value is -1.71. The molecule has 0 fully saturated rings. The number of carboxylic acids is 1. The number of phenols is 1. The predicted octanol–water partition coefficient (Wildman–Crippen LogP) is 0.981. The van der Waals surface area contributed by atoms with Crippen molar-refractivity contribution in [3.63, 3.8) is 0 Å². The van der Waals surface area contributed by atoms with E-state index < -0.39 is 5.97 Å². The third-order valence-corrected chi connectivity index (χ3v) is 1.72. The van der Waals surface area contributed by atoms with Crippen LogP contribution in [0.2, 0.25) is 0 Å². The lowest BCUT2D eigenvalue weighted by Crippen LogP contribution is -2.03. The van der Waals surface area contributed by atoms with Crippen LogP contribution in [0.3, 0.4) is 0 Å². The highest BCUT2D eigenvalue weighted by atomic mass is 16.4. The Morgan fingerprint density at radius 3 is 2.58 bits per heavy atom. The van der Waals surface area contributed by atoms with Gasteiger partial charge in [-0.2, -0.15) is 0 Å². The normalized spacial score (nSPS) is 9.75. The largest absolute Gasteiger partial charge is 0.508 e. The fourth-order valence-electron chi connectivity index (χ4n) is 0.904. The molecule has 0 radical (unpaired) electrons. The van der Waals surface area contributed by atoms with Gasteiger partial charge in [-0.3, -0.25) is 0 Å². The van der Waals surface area contributed by atoms with Crippen LogP contribution in [0.1, 0.15) is 15.9 Å². The van der Waals surface area contributed by atoms with E-state index in [-0.39, 0.29) is 17.0 Å². The predicted molar refractivity (Wildman–Crippen MR) is 44.2 cm³/mol. The van der Waals surface area contributed by atoms with E-state index in [1.165, 1.54) is 12.1 Å². The molecule has 4 N–H and O–H groups in total. The first-order chi connectivity index (χ1) is 5.54. The maximum Gasteiger partial charge on any atom is 0.337 e. The minimum atomic E-state index is -1.09. The molecule has 0 unspecified atom stereocenters. The number of hydrogen-bond donors (Lipinski definition) is 3. The summed E-state index contributed by atoms with van der Waals surface area (Å²) in [6.07, 6.45) is 0. The van der Waals surface area contributed by atoms with E-state index in [1.54, 1.807) is 6.92 Å². The molecule has 0 aromatic heterocycles. The van der Waals surface area contributed by atoms with Crippen molar-refractivity contribution in [1.82, 2.24) is 0 Å². The van der Waals surface area contributed by atoms with E-state index in [1.807, 2.05) is 0 Å². The molecule has 1 aromatic rings. The Labute approximate surface area is 69.3 Å². The van der Waals surface area contributed by atoms with Gasteiger partial charge in [0.05, 0.1) is 11.3 Å². The minimum absolute atomic E-state index is 0.0116. The average Bonchev–Trinajstić information content (AvgIpc) is 2.00. The van der Waals surface area contributed by atoms with Gasteiger partial charge in [0.1, 0.15) is 5.75 Å².